The topological polar surface area (TPSA) is 130 Å². The number of non-ortho nitro benzene ring substituents is 1. The summed E-state index contributed by atoms with van der Waals surface area (Å²) in [5, 5.41) is 16.7. The molecule has 2 rings (SSSR count). The van der Waals surface area contributed by atoms with Gasteiger partial charge < -0.3 is 10.6 Å². The molecule has 1 saturated heterocycles. The van der Waals surface area contributed by atoms with Crippen LogP contribution in [0.3, 0.4) is 0 Å². The molecule has 2 atom stereocenters. The van der Waals surface area contributed by atoms with Gasteiger partial charge in [-0.1, -0.05) is 6.92 Å². The Morgan fingerprint density at radius 1 is 1.33 bits per heavy atom. The molecule has 27 heavy (non-hydrogen) atoms. The van der Waals surface area contributed by atoms with Crippen LogP contribution < -0.4 is 15.4 Å². The number of nitro groups is 1. The molecule has 150 valence electrons. The predicted molar refractivity (Wildman–Crippen MR) is 101 cm³/mol. The van der Waals surface area contributed by atoms with Crippen LogP contribution >= 0.6 is 0 Å². The molecule has 1 aromatic carbocycles. The van der Waals surface area contributed by atoms with Crippen LogP contribution in [-0.4, -0.2) is 45.4 Å². The fourth-order valence-electron chi connectivity index (χ4n) is 3.11. The largest absolute Gasteiger partial charge is 0.355 e. The van der Waals surface area contributed by atoms with Crippen LogP contribution in [0.2, 0.25) is 0 Å². The molecule has 2 unspecified atom stereocenters. The molecule has 9 nitrogen and oxygen atoms in total. The number of carbonyl (C=O) groups is 1. The monoisotopic (exact) mass is 398 g/mol. The highest BCUT2D eigenvalue weighted by Crippen LogP contribution is 2.22. The van der Waals surface area contributed by atoms with Crippen LogP contribution in [0.5, 0.6) is 0 Å². The van der Waals surface area contributed by atoms with Crippen LogP contribution in [0.1, 0.15) is 26.2 Å². The van der Waals surface area contributed by atoms with E-state index in [1.165, 1.54) is 12.1 Å². The molecule has 0 radical (unpaired) electrons. The third kappa shape index (κ3) is 6.56. The van der Waals surface area contributed by atoms with Gasteiger partial charge in [0.1, 0.15) is 0 Å². The van der Waals surface area contributed by atoms with E-state index >= 15 is 0 Å². The van der Waals surface area contributed by atoms with Gasteiger partial charge in [-0.2, -0.15) is 0 Å². The third-order valence-electron chi connectivity index (χ3n) is 4.74. The van der Waals surface area contributed by atoms with Gasteiger partial charge in [-0.15, -0.1) is 0 Å². The van der Waals surface area contributed by atoms with Crippen molar-refractivity contribution in [2.24, 2.45) is 11.8 Å². The van der Waals surface area contributed by atoms with Gasteiger partial charge >= 0.3 is 0 Å². The van der Waals surface area contributed by atoms with Crippen LogP contribution in [0.15, 0.2) is 29.2 Å². The highest BCUT2D eigenvalue weighted by atomic mass is 32.2. The summed E-state index contributed by atoms with van der Waals surface area (Å²) in [6, 6.07) is 4.63. The summed E-state index contributed by atoms with van der Waals surface area (Å²) in [6.07, 6.45) is 2.67. The first-order valence-electron chi connectivity index (χ1n) is 9.01. The van der Waals surface area contributed by atoms with Crippen molar-refractivity contribution in [3.63, 3.8) is 0 Å². The number of hydrogen-bond acceptors (Lipinski definition) is 6. The van der Waals surface area contributed by atoms with Crippen molar-refractivity contribution in [1.82, 2.24) is 15.4 Å². The quantitative estimate of drug-likeness (QED) is 0.323. The van der Waals surface area contributed by atoms with Gasteiger partial charge in [-0.05, 0) is 49.9 Å². The van der Waals surface area contributed by atoms with Crippen molar-refractivity contribution in [2.75, 3.05) is 26.2 Å². The summed E-state index contributed by atoms with van der Waals surface area (Å²) in [5.41, 5.74) is -0.177. The normalized spacial score (nSPS) is 18.6. The summed E-state index contributed by atoms with van der Waals surface area (Å²) in [7, 11) is -3.77. The Bertz CT molecular complexity index is 745. The smallest absolute Gasteiger partial charge is 0.269 e. The first kappa shape index (κ1) is 21.3. The molecule has 1 amide bonds. The average molecular weight is 398 g/mol. The van der Waals surface area contributed by atoms with Gasteiger partial charge in [0.05, 0.1) is 9.82 Å². The minimum absolute atomic E-state index is 0.0461. The number of carbonyl (C=O) groups excluding carboxylic acids is 1. The number of piperidine rings is 1. The van der Waals surface area contributed by atoms with E-state index in [0.29, 0.717) is 12.3 Å². The second-order valence-corrected chi connectivity index (χ2v) is 8.55. The van der Waals surface area contributed by atoms with Gasteiger partial charge in [-0.3, -0.25) is 14.9 Å². The van der Waals surface area contributed by atoms with E-state index in [9.17, 15) is 23.3 Å². The minimum atomic E-state index is -3.77. The molecule has 1 heterocycles. The zero-order valence-corrected chi connectivity index (χ0v) is 16.1. The van der Waals surface area contributed by atoms with Gasteiger partial charge in [0.2, 0.25) is 15.9 Å². The number of nitrogens with one attached hydrogen (secondary N) is 3. The van der Waals surface area contributed by atoms with Crippen LogP contribution in [-0.2, 0) is 14.8 Å². The number of benzene rings is 1. The van der Waals surface area contributed by atoms with Crippen LogP contribution in [0.25, 0.3) is 0 Å². The van der Waals surface area contributed by atoms with Crippen molar-refractivity contribution in [1.29, 1.82) is 0 Å². The molecule has 0 aromatic heterocycles. The van der Waals surface area contributed by atoms with E-state index in [4.69, 9.17) is 0 Å². The first-order valence-corrected chi connectivity index (χ1v) is 10.5. The van der Waals surface area contributed by atoms with Crippen LogP contribution in [0.4, 0.5) is 5.69 Å². The van der Waals surface area contributed by atoms with Gasteiger partial charge in [0.15, 0.2) is 0 Å². The molecule has 1 aliphatic rings. The van der Waals surface area contributed by atoms with Crippen molar-refractivity contribution < 1.29 is 18.1 Å². The zero-order chi connectivity index (χ0) is 19.9. The van der Waals surface area contributed by atoms with Crippen molar-refractivity contribution in [3.05, 3.63) is 34.4 Å². The van der Waals surface area contributed by atoms with E-state index in [1.807, 2.05) is 0 Å². The molecule has 0 aliphatic carbocycles. The number of rotatable bonds is 9. The Hall–Kier alpha value is -2.04. The molecule has 1 aromatic rings. The summed E-state index contributed by atoms with van der Waals surface area (Å²) < 4.78 is 26.7. The molecule has 3 N–H and O–H groups in total. The summed E-state index contributed by atoms with van der Waals surface area (Å²) in [5.74, 6) is 0.669. The number of nitrogens with zero attached hydrogens (tertiary/aromatic N) is 1. The maximum atomic E-state index is 12.1. The number of amides is 1. The molecule has 1 fully saturated rings. The summed E-state index contributed by atoms with van der Waals surface area (Å²) >= 11 is 0. The molecule has 0 bridgehead atoms. The molecule has 10 heteroatoms. The lowest BCUT2D eigenvalue weighted by Gasteiger charge is -2.28. The Kier molecular flexibility index (Phi) is 7.69. The van der Waals surface area contributed by atoms with Gasteiger partial charge in [0.25, 0.3) is 5.69 Å². The summed E-state index contributed by atoms with van der Waals surface area (Å²) in [6.45, 7) is 4.26. The predicted octanol–water partition coefficient (Wildman–Crippen LogP) is 1.02. The number of hydrogen-bond donors (Lipinski definition) is 3. The first-order chi connectivity index (χ1) is 12.8. The number of sulfonamides is 1. The van der Waals surface area contributed by atoms with Crippen LogP contribution in [0, 0.1) is 22.0 Å². The zero-order valence-electron chi connectivity index (χ0n) is 15.3. The van der Waals surface area contributed by atoms with Crippen molar-refractivity contribution in [3.8, 4) is 0 Å². The Morgan fingerprint density at radius 3 is 2.63 bits per heavy atom. The second kappa shape index (κ2) is 9.77. The Labute approximate surface area is 159 Å². The van der Waals surface area contributed by atoms with E-state index < -0.39 is 14.9 Å². The Balaban J connectivity index is 1.73. The lowest BCUT2D eigenvalue weighted by Crippen LogP contribution is -2.37. The molecule has 0 saturated carbocycles. The second-order valence-electron chi connectivity index (χ2n) is 6.79. The van der Waals surface area contributed by atoms with Crippen molar-refractivity contribution >= 4 is 21.6 Å². The van der Waals surface area contributed by atoms with E-state index in [1.54, 1.807) is 0 Å². The highest BCUT2D eigenvalue weighted by Gasteiger charge is 2.22. The SMILES string of the molecule is CC(CC(=O)NCCNS(=O)(=O)c1ccc([N+](=O)[O-])cc1)C1CCCNC1. The maximum Gasteiger partial charge on any atom is 0.269 e. The van der Waals surface area contributed by atoms with E-state index in [-0.39, 0.29) is 35.5 Å². The van der Waals surface area contributed by atoms with Gasteiger partial charge in [0, 0.05) is 31.6 Å². The lowest BCUT2D eigenvalue weighted by atomic mass is 9.85. The van der Waals surface area contributed by atoms with Crippen molar-refractivity contribution in [2.45, 2.75) is 31.1 Å². The van der Waals surface area contributed by atoms with Gasteiger partial charge in [-0.25, -0.2) is 13.1 Å². The Morgan fingerprint density at radius 2 is 2.04 bits per heavy atom. The van der Waals surface area contributed by atoms with E-state index in [0.717, 1.165) is 38.1 Å². The molecular weight excluding hydrogens is 372 g/mol. The third-order valence-corrected chi connectivity index (χ3v) is 6.22. The fraction of sp³-hybridized carbons (Fsp3) is 0.588. The number of nitro benzene ring substituents is 1. The fourth-order valence-corrected chi connectivity index (χ4v) is 4.15. The maximum absolute atomic E-state index is 12.1. The molecular formula is C17H26N4O5S. The molecule has 0 spiro atoms. The lowest BCUT2D eigenvalue weighted by molar-refractivity contribution is -0.384. The standard InChI is InChI=1S/C17H26N4O5S/c1-13(14-3-2-8-18-12-14)11-17(22)19-9-10-20-27(25,26)16-6-4-15(5-7-16)21(23)24/h4-7,13-14,18,20H,2-3,8-12H2,1H3,(H,19,22). The minimum Gasteiger partial charge on any atom is -0.355 e. The average Bonchev–Trinajstić information content (AvgIpc) is 2.66. The summed E-state index contributed by atoms with van der Waals surface area (Å²) in [4.78, 5) is 22.0. The van der Waals surface area contributed by atoms with E-state index in [2.05, 4.69) is 22.3 Å². The highest BCUT2D eigenvalue weighted by molar-refractivity contribution is 7.89. The molecule has 1 aliphatic heterocycles.